The third-order valence-corrected chi connectivity index (χ3v) is 2.54. The van der Waals surface area contributed by atoms with E-state index in [9.17, 15) is 8.42 Å². The molecule has 0 amide bonds. The zero-order valence-corrected chi connectivity index (χ0v) is 7.08. The Morgan fingerprint density at radius 2 is 2.30 bits per heavy atom. The van der Waals surface area contributed by atoms with Crippen molar-refractivity contribution in [1.82, 2.24) is 0 Å². The Morgan fingerprint density at radius 3 is 2.70 bits per heavy atom. The summed E-state index contributed by atoms with van der Waals surface area (Å²) in [5.41, 5.74) is 0.968. The highest BCUT2D eigenvalue weighted by Crippen LogP contribution is 2.19. The molecule has 0 unspecified atom stereocenters. The molecule has 58 valence electrons. The number of rotatable bonds is 2. The molecule has 0 radical (unpaired) electrons. The Labute approximate surface area is 65.3 Å². The van der Waals surface area contributed by atoms with E-state index in [1.54, 1.807) is 0 Å². The molecule has 0 saturated carbocycles. The van der Waals surface area contributed by atoms with E-state index >= 15 is 0 Å². The SMILES string of the molecule is O=S(=O)(Cl)CC1=CCCC1. The molecule has 0 aromatic carbocycles. The lowest BCUT2D eigenvalue weighted by Crippen LogP contribution is -1.98. The Bertz CT molecular complexity index is 240. The summed E-state index contributed by atoms with van der Waals surface area (Å²) in [5, 5.41) is 0. The molecule has 0 aromatic rings. The van der Waals surface area contributed by atoms with Crippen LogP contribution in [0, 0.1) is 0 Å². The lowest BCUT2D eigenvalue weighted by atomic mass is 10.3. The van der Waals surface area contributed by atoms with E-state index in [2.05, 4.69) is 0 Å². The van der Waals surface area contributed by atoms with Gasteiger partial charge in [-0.1, -0.05) is 11.6 Å². The van der Waals surface area contributed by atoms with Gasteiger partial charge in [0.2, 0.25) is 9.05 Å². The summed E-state index contributed by atoms with van der Waals surface area (Å²) in [6, 6.07) is 0. The Balaban J connectivity index is 2.54. The molecular weight excluding hydrogens is 172 g/mol. The fraction of sp³-hybridized carbons (Fsp3) is 0.667. The van der Waals surface area contributed by atoms with E-state index in [0.717, 1.165) is 24.8 Å². The highest BCUT2D eigenvalue weighted by Gasteiger charge is 2.11. The van der Waals surface area contributed by atoms with Gasteiger partial charge in [-0.2, -0.15) is 0 Å². The van der Waals surface area contributed by atoms with Crippen molar-refractivity contribution >= 4 is 19.7 Å². The summed E-state index contributed by atoms with van der Waals surface area (Å²) in [7, 11) is 1.74. The normalized spacial score (nSPS) is 19.1. The van der Waals surface area contributed by atoms with Crippen molar-refractivity contribution < 1.29 is 8.42 Å². The first-order chi connectivity index (χ1) is 4.58. The van der Waals surface area contributed by atoms with Gasteiger partial charge in [0, 0.05) is 10.7 Å². The lowest BCUT2D eigenvalue weighted by molar-refractivity contribution is 0.611. The van der Waals surface area contributed by atoms with Crippen molar-refractivity contribution in [1.29, 1.82) is 0 Å². The Hall–Kier alpha value is -0.0200. The van der Waals surface area contributed by atoms with Crippen LogP contribution in [0.15, 0.2) is 11.6 Å². The van der Waals surface area contributed by atoms with Gasteiger partial charge < -0.3 is 0 Å². The summed E-state index contributed by atoms with van der Waals surface area (Å²) < 4.78 is 21.0. The predicted molar refractivity (Wildman–Crippen MR) is 41.6 cm³/mol. The van der Waals surface area contributed by atoms with Gasteiger partial charge in [-0.15, -0.1) is 0 Å². The molecule has 1 aliphatic rings. The molecule has 0 spiro atoms. The van der Waals surface area contributed by atoms with E-state index in [0.29, 0.717) is 0 Å². The molecule has 10 heavy (non-hydrogen) atoms. The van der Waals surface area contributed by atoms with Crippen LogP contribution in [0.3, 0.4) is 0 Å². The zero-order chi connectivity index (χ0) is 7.61. The van der Waals surface area contributed by atoms with E-state index < -0.39 is 9.05 Å². The second kappa shape index (κ2) is 2.93. The van der Waals surface area contributed by atoms with Crippen LogP contribution in [0.2, 0.25) is 0 Å². The number of hydrogen-bond acceptors (Lipinski definition) is 2. The molecule has 0 fully saturated rings. The molecule has 0 N–H and O–H groups in total. The highest BCUT2D eigenvalue weighted by atomic mass is 35.7. The average Bonchev–Trinajstić information content (AvgIpc) is 2.12. The number of halogens is 1. The minimum Gasteiger partial charge on any atom is -0.212 e. The number of hydrogen-bond donors (Lipinski definition) is 0. The smallest absolute Gasteiger partial charge is 0.212 e. The van der Waals surface area contributed by atoms with Gasteiger partial charge in [-0.3, -0.25) is 0 Å². The minimum atomic E-state index is -3.30. The van der Waals surface area contributed by atoms with E-state index in [4.69, 9.17) is 10.7 Å². The van der Waals surface area contributed by atoms with Crippen molar-refractivity contribution in [2.24, 2.45) is 0 Å². The Morgan fingerprint density at radius 1 is 1.60 bits per heavy atom. The molecular formula is C6H9ClO2S. The molecule has 0 atom stereocenters. The summed E-state index contributed by atoms with van der Waals surface area (Å²) >= 11 is 0. The first-order valence-electron chi connectivity index (χ1n) is 3.18. The van der Waals surface area contributed by atoms with Crippen molar-refractivity contribution in [2.75, 3.05) is 5.75 Å². The summed E-state index contributed by atoms with van der Waals surface area (Å²) in [6.07, 6.45) is 4.93. The fourth-order valence-electron chi connectivity index (χ4n) is 1.09. The third-order valence-electron chi connectivity index (χ3n) is 1.49. The van der Waals surface area contributed by atoms with Gasteiger partial charge >= 0.3 is 0 Å². The standard InChI is InChI=1S/C6H9ClO2S/c7-10(8,9)5-6-3-1-2-4-6/h3H,1-2,4-5H2. The fourth-order valence-corrected chi connectivity index (χ4v) is 2.22. The molecule has 4 heteroatoms. The van der Waals surface area contributed by atoms with E-state index in [1.165, 1.54) is 0 Å². The molecule has 0 aliphatic heterocycles. The van der Waals surface area contributed by atoms with Crippen LogP contribution in [0.25, 0.3) is 0 Å². The highest BCUT2D eigenvalue weighted by molar-refractivity contribution is 8.13. The van der Waals surface area contributed by atoms with Crippen LogP contribution < -0.4 is 0 Å². The van der Waals surface area contributed by atoms with Gasteiger partial charge in [0.25, 0.3) is 0 Å². The molecule has 1 rings (SSSR count). The maximum Gasteiger partial charge on any atom is 0.236 e. The third kappa shape index (κ3) is 2.71. The van der Waals surface area contributed by atoms with E-state index in [1.807, 2.05) is 6.08 Å². The van der Waals surface area contributed by atoms with Gasteiger partial charge in [0.1, 0.15) is 0 Å². The van der Waals surface area contributed by atoms with Crippen LogP contribution in [0.1, 0.15) is 19.3 Å². The van der Waals surface area contributed by atoms with Crippen molar-refractivity contribution in [2.45, 2.75) is 19.3 Å². The van der Waals surface area contributed by atoms with E-state index in [-0.39, 0.29) is 5.75 Å². The van der Waals surface area contributed by atoms with Gasteiger partial charge in [0.15, 0.2) is 0 Å². The molecule has 0 aromatic heterocycles. The first kappa shape index (κ1) is 8.08. The number of allylic oxidation sites excluding steroid dienone is 1. The molecule has 0 saturated heterocycles. The van der Waals surface area contributed by atoms with Crippen LogP contribution in [0.4, 0.5) is 0 Å². The first-order valence-corrected chi connectivity index (χ1v) is 5.66. The predicted octanol–water partition coefficient (Wildman–Crippen LogP) is 1.67. The summed E-state index contributed by atoms with van der Waals surface area (Å²) in [6.45, 7) is 0. The monoisotopic (exact) mass is 180 g/mol. The van der Waals surface area contributed by atoms with Crippen molar-refractivity contribution in [3.63, 3.8) is 0 Å². The molecule has 0 bridgehead atoms. The van der Waals surface area contributed by atoms with Crippen LogP contribution in [0.5, 0.6) is 0 Å². The van der Waals surface area contributed by atoms with Gasteiger partial charge in [-0.25, -0.2) is 8.42 Å². The van der Waals surface area contributed by atoms with Gasteiger partial charge in [-0.05, 0) is 19.3 Å². The van der Waals surface area contributed by atoms with Gasteiger partial charge in [0.05, 0.1) is 5.75 Å². The quantitative estimate of drug-likeness (QED) is 0.479. The topological polar surface area (TPSA) is 34.1 Å². The minimum absolute atomic E-state index is 0.0363. The molecule has 0 heterocycles. The zero-order valence-electron chi connectivity index (χ0n) is 5.51. The maximum atomic E-state index is 10.5. The average molecular weight is 181 g/mol. The van der Waals surface area contributed by atoms with Crippen LogP contribution in [-0.2, 0) is 9.05 Å². The van der Waals surface area contributed by atoms with Crippen LogP contribution >= 0.6 is 10.7 Å². The maximum absolute atomic E-state index is 10.5. The lowest BCUT2D eigenvalue weighted by Gasteiger charge is -1.94. The summed E-state index contributed by atoms with van der Waals surface area (Å²) in [4.78, 5) is 0. The molecule has 2 nitrogen and oxygen atoms in total. The van der Waals surface area contributed by atoms with Crippen molar-refractivity contribution in [3.05, 3.63) is 11.6 Å². The van der Waals surface area contributed by atoms with Crippen LogP contribution in [-0.4, -0.2) is 14.2 Å². The second-order valence-corrected chi connectivity index (χ2v) is 5.21. The van der Waals surface area contributed by atoms with Crippen molar-refractivity contribution in [3.8, 4) is 0 Å². The second-order valence-electron chi connectivity index (χ2n) is 2.44. The largest absolute Gasteiger partial charge is 0.236 e. The summed E-state index contributed by atoms with van der Waals surface area (Å²) in [5.74, 6) is 0.0363. The Kier molecular flexibility index (Phi) is 2.36. The molecule has 1 aliphatic carbocycles.